The van der Waals surface area contributed by atoms with Gasteiger partial charge < -0.3 is 23.9 Å². The molecule has 23 heteroatoms. The van der Waals surface area contributed by atoms with Crippen LogP contribution >= 0.6 is 0 Å². The zero-order valence-corrected chi connectivity index (χ0v) is 36.3. The molecule has 0 bridgehead atoms. The first-order chi connectivity index (χ1) is 28.8. The molecular weight excluding hydrogens is 789 g/mol. The Morgan fingerprint density at radius 3 is 1.95 bits per heavy atom. The molecule has 5 amide bonds. The third kappa shape index (κ3) is 14.1. The summed E-state index contributed by atoms with van der Waals surface area (Å²) in [5.74, 6) is 5.73. The van der Waals surface area contributed by atoms with Crippen LogP contribution in [-0.2, 0) is 35.8 Å². The summed E-state index contributed by atoms with van der Waals surface area (Å²) in [4.78, 5) is 46.2. The highest BCUT2D eigenvalue weighted by Crippen LogP contribution is 2.29. The van der Waals surface area contributed by atoms with Crippen molar-refractivity contribution in [3.8, 4) is 5.75 Å². The molecule has 5 N–H and O–H groups in total. The Bertz CT molecular complexity index is 2100. The molecule has 3 aliphatic heterocycles. The largest absolute Gasteiger partial charge is 0.487 e. The second-order valence-electron chi connectivity index (χ2n) is 17.9. The average Bonchev–Trinajstić information content (AvgIpc) is 4.03. The number of nitrogens with two attached hydrogens (primary N) is 2. The summed E-state index contributed by atoms with van der Waals surface area (Å²) in [7, 11) is 15.2. The van der Waals surface area contributed by atoms with E-state index in [9.17, 15) is 19.2 Å². The summed E-state index contributed by atoms with van der Waals surface area (Å²) in [6.07, 6.45) is 10.0. The number of aromatic nitrogens is 9. The number of anilines is 1. The molecule has 61 heavy (non-hydrogen) atoms. The molecule has 2 fully saturated rings. The van der Waals surface area contributed by atoms with Crippen molar-refractivity contribution in [1.82, 2.24) is 50.4 Å². The zero-order chi connectivity index (χ0) is 44.4. The van der Waals surface area contributed by atoms with E-state index in [2.05, 4.69) is 90.5 Å². The molecule has 0 atom stereocenters. The van der Waals surface area contributed by atoms with E-state index in [-0.39, 0.29) is 31.3 Å². The minimum Gasteiger partial charge on any atom is -0.487 e. The number of azo groups is 1. The number of urea groups is 2. The van der Waals surface area contributed by atoms with Gasteiger partial charge in [0.15, 0.2) is 5.78 Å². The smallest absolute Gasteiger partial charge is 0.375 e. The van der Waals surface area contributed by atoms with Crippen LogP contribution in [0.2, 0.25) is 0 Å². The molecule has 0 saturated carbocycles. The number of nitrogens with one attached hydrogen (secondary N) is 1. The molecule has 23 nitrogen and oxygen atoms in total. The predicted octanol–water partition coefficient (Wildman–Crippen LogP) is 1.01. The van der Waals surface area contributed by atoms with Gasteiger partial charge in [-0.1, -0.05) is 25.9 Å². The van der Waals surface area contributed by atoms with Crippen molar-refractivity contribution in [3.05, 3.63) is 59.9 Å². The first kappa shape index (κ1) is 46.2. The molecule has 0 spiro atoms. The topological polar surface area (TPSA) is 262 Å². The minimum atomic E-state index is -0.694. The van der Waals surface area contributed by atoms with Gasteiger partial charge in [-0.2, -0.15) is 0 Å². The number of hydrogen-bond donors (Lipinski definition) is 3. The summed E-state index contributed by atoms with van der Waals surface area (Å²) < 4.78 is 13.6. The maximum Gasteiger partial charge on any atom is 0.375 e. The van der Waals surface area contributed by atoms with E-state index in [0.29, 0.717) is 30.0 Å². The van der Waals surface area contributed by atoms with Crippen LogP contribution in [0.5, 0.6) is 5.75 Å². The number of ketones is 1. The lowest BCUT2D eigenvalue weighted by molar-refractivity contribution is -0.895. The lowest BCUT2D eigenvalue weighted by Gasteiger charge is -2.36. The fourth-order valence-electron chi connectivity index (χ4n) is 6.95. The fourth-order valence-corrected chi connectivity index (χ4v) is 6.95. The summed E-state index contributed by atoms with van der Waals surface area (Å²) in [6.45, 7) is 6.04. The van der Waals surface area contributed by atoms with Crippen LogP contribution in [0.25, 0.3) is 0 Å². The quantitative estimate of drug-likeness (QED) is 0.0736. The summed E-state index contributed by atoms with van der Waals surface area (Å²) >= 11 is 0. The van der Waals surface area contributed by atoms with E-state index < -0.39 is 12.1 Å². The van der Waals surface area contributed by atoms with Crippen molar-refractivity contribution in [1.29, 1.82) is 0 Å². The standard InChI is InChI=1S/C18H22N7O3.C12H22N5O.C8H16N6O/c1-25(2)9-7-14(8-10-25)23-11-13(19-22-23)12-28-16-5-3-15(4-6-16)24-17(26)20-21-18(24)27;1-17(2)5-3-10(4-6-17)12-9-16(15-14-12)8-11(18)7-13;1-14(2,3)6-7-4-13(12-11-7)5-8(15)10-9/h3-6,11,14H,7-10,12H2,1-2H3;9-10H,3-8,13H2,1-2H3;4H,5-6H2,1-3H3,(H2-,9,10,11,12,15)/q2*+1;/p+1. The predicted molar refractivity (Wildman–Crippen MR) is 221 cm³/mol. The van der Waals surface area contributed by atoms with Gasteiger partial charge in [0.2, 0.25) is 0 Å². The van der Waals surface area contributed by atoms with Crippen LogP contribution < -0.4 is 26.6 Å². The number of nitrogens with zero attached hydrogens (tertiary/aromatic N) is 15. The van der Waals surface area contributed by atoms with Crippen molar-refractivity contribution in [2.75, 3.05) is 87.0 Å². The lowest BCUT2D eigenvalue weighted by atomic mass is 9.93. The van der Waals surface area contributed by atoms with Crippen molar-refractivity contribution in [2.45, 2.75) is 63.9 Å². The Morgan fingerprint density at radius 1 is 0.787 bits per heavy atom. The fraction of sp³-hybridized carbons (Fsp3) is 0.579. The number of amides is 5. The summed E-state index contributed by atoms with van der Waals surface area (Å²) in [6, 6.07) is 5.58. The van der Waals surface area contributed by atoms with E-state index in [0.717, 1.165) is 80.7 Å². The van der Waals surface area contributed by atoms with E-state index in [4.69, 9.17) is 16.3 Å². The number of hydrogen-bond acceptors (Lipinski definition) is 13. The van der Waals surface area contributed by atoms with Crippen LogP contribution in [-0.4, -0.2) is 164 Å². The summed E-state index contributed by atoms with van der Waals surface area (Å²) in [5.41, 5.74) is 10.3. The van der Waals surface area contributed by atoms with Gasteiger partial charge in [0.25, 0.3) is 5.91 Å². The number of likely N-dealkylation sites (tertiary alicyclic amines) is 2. The molecule has 0 unspecified atom stereocenters. The van der Waals surface area contributed by atoms with Crippen molar-refractivity contribution >= 4 is 29.4 Å². The van der Waals surface area contributed by atoms with Crippen LogP contribution in [0, 0.1) is 0 Å². The number of piperidine rings is 2. The highest BCUT2D eigenvalue weighted by Gasteiger charge is 2.31. The molecule has 330 valence electrons. The van der Waals surface area contributed by atoms with Gasteiger partial charge in [0.05, 0.1) is 112 Å². The first-order valence-electron chi connectivity index (χ1n) is 20.2. The Kier molecular flexibility index (Phi) is 15.2. The minimum absolute atomic E-state index is 0.0205. The van der Waals surface area contributed by atoms with E-state index in [1.807, 2.05) is 22.5 Å². The second kappa shape index (κ2) is 20.1. The highest BCUT2D eigenvalue weighted by molar-refractivity contribution is 6.17. The van der Waals surface area contributed by atoms with Gasteiger partial charge in [-0.15, -0.1) is 15.3 Å². The van der Waals surface area contributed by atoms with Gasteiger partial charge in [-0.05, 0) is 24.3 Å². The number of Topliss-reactive ketones (excluding diaryl/α,β-unsaturated/α-hetero) is 1. The first-order valence-corrected chi connectivity index (χ1v) is 20.2. The Morgan fingerprint density at radius 2 is 1.36 bits per heavy atom. The van der Waals surface area contributed by atoms with E-state index >= 15 is 0 Å². The van der Waals surface area contributed by atoms with E-state index in [1.54, 1.807) is 35.1 Å². The number of carbonyl (C=O) groups is 4. The van der Waals surface area contributed by atoms with Crippen LogP contribution in [0.4, 0.5) is 15.3 Å². The SMILES string of the molecule is C[N+](C)(C)Cc1cn(CC(=O)NN)nn1.C[N+]1(C)CCC(c2cn(CC(=O)CN)nn2)CC1.C[N+]1(C)CCC(n2cc(COc3ccc(N4C(=O)N=NC4=O)cc3)nn2)CC1. The molecule has 6 heterocycles. The van der Waals surface area contributed by atoms with Crippen molar-refractivity contribution in [2.24, 2.45) is 21.8 Å². The number of quaternary nitrogens is 3. The lowest BCUT2D eigenvalue weighted by Crippen LogP contribution is -2.46. The molecule has 1 aromatic carbocycles. The van der Waals surface area contributed by atoms with Gasteiger partial charge in [0.1, 0.15) is 43.4 Å². The van der Waals surface area contributed by atoms with Crippen LogP contribution in [0.15, 0.2) is 53.1 Å². The average molecular weight is 850 g/mol. The monoisotopic (exact) mass is 850 g/mol. The molecule has 3 aromatic heterocycles. The Balaban J connectivity index is 0.000000185. The normalized spacial score (nSPS) is 17.6. The van der Waals surface area contributed by atoms with Crippen molar-refractivity contribution in [3.63, 3.8) is 0 Å². The molecular formula is C38H61N18O5+3. The molecule has 7 rings (SSSR count). The molecule has 0 radical (unpaired) electrons. The van der Waals surface area contributed by atoms with E-state index in [1.165, 1.54) is 17.8 Å². The highest BCUT2D eigenvalue weighted by atomic mass is 16.5. The number of imide groups is 1. The molecule has 0 aliphatic carbocycles. The maximum absolute atomic E-state index is 11.5. The Hall–Kier alpha value is -5.88. The Labute approximate surface area is 355 Å². The molecule has 4 aromatic rings. The second-order valence-corrected chi connectivity index (χ2v) is 17.9. The number of carbonyl (C=O) groups excluding carboxylic acids is 4. The number of hydrazine groups is 1. The molecule has 3 aliphatic rings. The van der Waals surface area contributed by atoms with Gasteiger partial charge in [-0.3, -0.25) is 15.0 Å². The third-order valence-electron chi connectivity index (χ3n) is 10.5. The van der Waals surface area contributed by atoms with Crippen LogP contribution in [0.3, 0.4) is 0 Å². The van der Waals surface area contributed by atoms with Gasteiger partial charge in [-0.25, -0.2) is 34.4 Å². The van der Waals surface area contributed by atoms with Crippen LogP contribution in [0.1, 0.15) is 54.7 Å². The zero-order valence-electron chi connectivity index (χ0n) is 36.3. The van der Waals surface area contributed by atoms with Crippen molar-refractivity contribution < 1.29 is 37.4 Å². The third-order valence-corrected chi connectivity index (χ3v) is 10.5. The summed E-state index contributed by atoms with van der Waals surface area (Å²) in [5, 5.41) is 30.9. The number of benzene rings is 1. The van der Waals surface area contributed by atoms with Gasteiger partial charge in [0, 0.05) is 37.8 Å². The molecule has 2 saturated heterocycles. The maximum atomic E-state index is 11.5. The number of rotatable bonds is 13. The number of ether oxygens (including phenoxy) is 1. The van der Waals surface area contributed by atoms with Gasteiger partial charge >= 0.3 is 12.1 Å².